The summed E-state index contributed by atoms with van der Waals surface area (Å²) in [5.41, 5.74) is 1.05. The van der Waals surface area contributed by atoms with Crippen molar-refractivity contribution >= 4 is 29.1 Å². The van der Waals surface area contributed by atoms with Gasteiger partial charge in [0.2, 0.25) is 0 Å². The molecule has 0 saturated heterocycles. The van der Waals surface area contributed by atoms with E-state index in [1.807, 2.05) is 0 Å². The van der Waals surface area contributed by atoms with Crippen LogP contribution in [0, 0.1) is 0 Å². The molecule has 2 amide bonds. The lowest BCUT2D eigenvalue weighted by Gasteiger charge is -2.15. The molecule has 0 aliphatic rings. The molecule has 0 atom stereocenters. The minimum atomic E-state index is -0.414. The molecule has 23 heavy (non-hydrogen) atoms. The van der Waals surface area contributed by atoms with Crippen LogP contribution in [-0.2, 0) is 7.05 Å². The van der Waals surface area contributed by atoms with Crippen LogP contribution >= 0.6 is 11.6 Å². The van der Waals surface area contributed by atoms with Crippen molar-refractivity contribution in [3.63, 3.8) is 0 Å². The van der Waals surface area contributed by atoms with Gasteiger partial charge in [-0.2, -0.15) is 5.10 Å². The third kappa shape index (κ3) is 3.45. The zero-order chi connectivity index (χ0) is 17.1. The zero-order valence-electron chi connectivity index (χ0n) is 13.3. The summed E-state index contributed by atoms with van der Waals surface area (Å²) in [6, 6.07) is 4.83. The summed E-state index contributed by atoms with van der Waals surface area (Å²) in [4.78, 5) is 25.9. The van der Waals surface area contributed by atoms with Crippen molar-refractivity contribution in [3.8, 4) is 5.75 Å². The molecule has 0 saturated carbocycles. The number of carbonyl (C=O) groups excluding carboxylic acids is 2. The number of nitrogens with one attached hydrogen (secondary N) is 1. The first-order valence-electron chi connectivity index (χ1n) is 6.73. The summed E-state index contributed by atoms with van der Waals surface area (Å²) in [5.74, 6) is -0.208. The Labute approximate surface area is 138 Å². The van der Waals surface area contributed by atoms with Gasteiger partial charge in [-0.1, -0.05) is 11.6 Å². The number of rotatable bonds is 4. The van der Waals surface area contributed by atoms with E-state index in [-0.39, 0.29) is 16.6 Å². The lowest BCUT2D eigenvalue weighted by atomic mass is 10.1. The van der Waals surface area contributed by atoms with E-state index >= 15 is 0 Å². The fourth-order valence-corrected chi connectivity index (χ4v) is 2.30. The molecule has 2 aromatic rings. The topological polar surface area (TPSA) is 76.5 Å². The molecule has 0 spiro atoms. The maximum atomic E-state index is 12.3. The molecule has 0 bridgehead atoms. The van der Waals surface area contributed by atoms with Gasteiger partial charge < -0.3 is 15.0 Å². The highest BCUT2D eigenvalue weighted by Crippen LogP contribution is 2.24. The van der Waals surface area contributed by atoms with Crippen LogP contribution in [0.3, 0.4) is 0 Å². The molecule has 1 aromatic heterocycles. The largest absolute Gasteiger partial charge is 0.496 e. The first kappa shape index (κ1) is 16.8. The van der Waals surface area contributed by atoms with Crippen molar-refractivity contribution < 1.29 is 14.3 Å². The zero-order valence-corrected chi connectivity index (χ0v) is 14.0. The van der Waals surface area contributed by atoms with E-state index in [1.54, 1.807) is 39.3 Å². The van der Waals surface area contributed by atoms with Gasteiger partial charge in [-0.15, -0.1) is 0 Å². The van der Waals surface area contributed by atoms with Crippen LogP contribution in [0.15, 0.2) is 24.4 Å². The first-order chi connectivity index (χ1) is 10.8. The summed E-state index contributed by atoms with van der Waals surface area (Å²) in [5, 5.41) is 6.87. The molecule has 0 aliphatic carbocycles. The molecular formula is C15H17ClN4O3. The van der Waals surface area contributed by atoms with Gasteiger partial charge in [0, 0.05) is 26.8 Å². The van der Waals surface area contributed by atoms with E-state index in [0.29, 0.717) is 17.0 Å². The van der Waals surface area contributed by atoms with Crippen LogP contribution < -0.4 is 10.1 Å². The second-order valence-corrected chi connectivity index (χ2v) is 5.44. The minimum absolute atomic E-state index is 0.225. The smallest absolute Gasteiger partial charge is 0.275 e. The van der Waals surface area contributed by atoms with Gasteiger partial charge >= 0.3 is 0 Å². The Balaban J connectivity index is 2.32. The fourth-order valence-electron chi connectivity index (χ4n) is 2.05. The number of nitrogens with zero attached hydrogens (tertiary/aromatic N) is 3. The number of benzene rings is 1. The fraction of sp³-hybridized carbons (Fsp3) is 0.267. The second-order valence-electron chi connectivity index (χ2n) is 5.03. The molecule has 1 heterocycles. The lowest BCUT2D eigenvalue weighted by molar-refractivity contribution is 0.0824. The highest BCUT2D eigenvalue weighted by molar-refractivity contribution is 6.34. The Hall–Kier alpha value is -2.54. The van der Waals surface area contributed by atoms with Crippen molar-refractivity contribution in [3.05, 3.63) is 40.7 Å². The number of amides is 2. The van der Waals surface area contributed by atoms with Crippen molar-refractivity contribution in [2.24, 2.45) is 7.05 Å². The Morgan fingerprint density at radius 3 is 2.57 bits per heavy atom. The third-order valence-corrected chi connectivity index (χ3v) is 3.48. The van der Waals surface area contributed by atoms with Gasteiger partial charge in [0.25, 0.3) is 11.8 Å². The third-order valence-electron chi connectivity index (χ3n) is 3.20. The molecule has 1 N–H and O–H groups in total. The molecule has 0 unspecified atom stereocenters. The highest BCUT2D eigenvalue weighted by atomic mass is 35.5. The summed E-state index contributed by atoms with van der Waals surface area (Å²) in [7, 11) is 6.39. The second kappa shape index (κ2) is 6.70. The van der Waals surface area contributed by atoms with E-state index in [2.05, 4.69) is 10.4 Å². The number of methoxy groups -OCH3 is 1. The Morgan fingerprint density at radius 2 is 2.04 bits per heavy atom. The van der Waals surface area contributed by atoms with Crippen molar-refractivity contribution in [2.75, 3.05) is 26.5 Å². The van der Waals surface area contributed by atoms with Crippen molar-refractivity contribution in [1.82, 2.24) is 14.7 Å². The molecule has 0 fully saturated rings. The predicted octanol–water partition coefficient (Wildman–Crippen LogP) is 2.04. The van der Waals surface area contributed by atoms with Gasteiger partial charge in [-0.3, -0.25) is 14.3 Å². The number of aromatic nitrogens is 2. The average molecular weight is 337 g/mol. The van der Waals surface area contributed by atoms with E-state index < -0.39 is 5.91 Å². The number of anilines is 1. The molecule has 1 aromatic carbocycles. The molecule has 0 radical (unpaired) electrons. The van der Waals surface area contributed by atoms with Gasteiger partial charge in [0.05, 0.1) is 23.9 Å². The molecule has 2 rings (SSSR count). The number of hydrogen-bond acceptors (Lipinski definition) is 4. The van der Waals surface area contributed by atoms with E-state index in [9.17, 15) is 9.59 Å². The van der Waals surface area contributed by atoms with Crippen LogP contribution in [0.4, 0.5) is 5.69 Å². The number of ether oxygens (including phenoxy) is 1. The average Bonchev–Trinajstić information content (AvgIpc) is 2.85. The van der Waals surface area contributed by atoms with Crippen LogP contribution in [0.2, 0.25) is 5.02 Å². The van der Waals surface area contributed by atoms with Gasteiger partial charge in [0.15, 0.2) is 0 Å². The molecule has 122 valence electrons. The summed E-state index contributed by atoms with van der Waals surface area (Å²) in [6.45, 7) is 0. The maximum Gasteiger partial charge on any atom is 0.275 e. The summed E-state index contributed by atoms with van der Waals surface area (Å²) >= 11 is 5.95. The van der Waals surface area contributed by atoms with Gasteiger partial charge in [-0.25, -0.2) is 0 Å². The monoisotopic (exact) mass is 336 g/mol. The number of halogens is 1. The normalized spacial score (nSPS) is 10.3. The summed E-state index contributed by atoms with van der Waals surface area (Å²) < 4.78 is 6.57. The van der Waals surface area contributed by atoms with Crippen molar-refractivity contribution in [2.45, 2.75) is 0 Å². The van der Waals surface area contributed by atoms with Gasteiger partial charge in [0.1, 0.15) is 11.4 Å². The van der Waals surface area contributed by atoms with E-state index in [4.69, 9.17) is 16.3 Å². The number of hydrogen-bond donors (Lipinski definition) is 1. The predicted molar refractivity (Wildman–Crippen MR) is 87.2 cm³/mol. The Bertz CT molecular complexity index is 736. The number of aryl methyl sites for hydroxylation is 1. The molecule has 0 aliphatic heterocycles. The highest BCUT2D eigenvalue weighted by Gasteiger charge is 2.18. The summed E-state index contributed by atoms with van der Waals surface area (Å²) in [6.07, 6.45) is 1.39. The molecule has 8 heteroatoms. The van der Waals surface area contributed by atoms with E-state index in [0.717, 1.165) is 0 Å². The Morgan fingerprint density at radius 1 is 1.35 bits per heavy atom. The maximum absolute atomic E-state index is 12.3. The quantitative estimate of drug-likeness (QED) is 0.927. The standard InChI is InChI=1S/C15H17ClN4O3/c1-19(2)15(22)10-7-9(5-6-12(10)23-4)18-14(21)13-11(16)8-17-20(13)3/h5-8H,1-4H3,(H,18,21). The number of carbonyl (C=O) groups is 2. The molecular weight excluding hydrogens is 320 g/mol. The molecule has 7 nitrogen and oxygen atoms in total. The van der Waals surface area contributed by atoms with Crippen LogP contribution in [0.25, 0.3) is 0 Å². The SMILES string of the molecule is COc1ccc(NC(=O)c2c(Cl)cnn2C)cc1C(=O)N(C)C. The van der Waals surface area contributed by atoms with Gasteiger partial charge in [-0.05, 0) is 18.2 Å². The Kier molecular flexibility index (Phi) is 4.90. The lowest BCUT2D eigenvalue weighted by Crippen LogP contribution is -2.23. The van der Waals surface area contributed by atoms with Crippen molar-refractivity contribution in [1.29, 1.82) is 0 Å². The minimum Gasteiger partial charge on any atom is -0.496 e. The first-order valence-corrected chi connectivity index (χ1v) is 7.11. The van der Waals surface area contributed by atoms with Crippen LogP contribution in [0.5, 0.6) is 5.75 Å². The van der Waals surface area contributed by atoms with Crippen LogP contribution in [0.1, 0.15) is 20.8 Å². The van der Waals surface area contributed by atoms with E-state index in [1.165, 1.54) is 22.9 Å². The van der Waals surface area contributed by atoms with Crippen LogP contribution in [-0.4, -0.2) is 47.7 Å².